The monoisotopic (exact) mass is 358 g/mol. The lowest BCUT2D eigenvalue weighted by Crippen LogP contribution is -2.62. The minimum Gasteiger partial charge on any atom is -0.440 e. The molecule has 26 heavy (non-hydrogen) atoms. The van der Waals surface area contributed by atoms with Crippen molar-refractivity contribution in [1.82, 2.24) is 10.2 Å². The van der Waals surface area contributed by atoms with Gasteiger partial charge in [0.25, 0.3) is 5.72 Å². The van der Waals surface area contributed by atoms with Gasteiger partial charge in [-0.15, -0.1) is 0 Å². The van der Waals surface area contributed by atoms with Gasteiger partial charge in [-0.1, -0.05) is 12.5 Å². The number of quaternary nitrogens is 1. The molecule has 2 N–H and O–H groups in total. The Morgan fingerprint density at radius 3 is 3.12 bits per heavy atom. The molecule has 0 radical (unpaired) electrons. The van der Waals surface area contributed by atoms with E-state index in [0.717, 1.165) is 37.9 Å². The lowest BCUT2D eigenvalue weighted by atomic mass is 9.65. The van der Waals surface area contributed by atoms with Crippen molar-refractivity contribution in [3.05, 3.63) is 35.5 Å². The van der Waals surface area contributed by atoms with Gasteiger partial charge in [0.05, 0.1) is 31.2 Å². The molecule has 1 aliphatic carbocycles. The third-order valence-electron chi connectivity index (χ3n) is 7.31. The van der Waals surface area contributed by atoms with Crippen LogP contribution >= 0.6 is 0 Å². The van der Waals surface area contributed by atoms with Gasteiger partial charge in [0, 0.05) is 12.4 Å². The molecule has 4 heterocycles. The van der Waals surface area contributed by atoms with Gasteiger partial charge in [0.15, 0.2) is 0 Å². The second kappa shape index (κ2) is 5.36. The van der Waals surface area contributed by atoms with E-state index < -0.39 is 5.72 Å². The van der Waals surface area contributed by atoms with Crippen LogP contribution in [0.4, 0.5) is 4.79 Å². The maximum Gasteiger partial charge on any atom is 0.420 e. The summed E-state index contributed by atoms with van der Waals surface area (Å²) in [5.41, 5.74) is 2.05. The highest BCUT2D eigenvalue weighted by Crippen LogP contribution is 2.63. The SMILES string of the molecule is C[N+]1(CCO)C(=O)NCC12CC13CCCCC1=CN1C=CCCC1=C3O2. The normalized spacial score (nSPS) is 40.8. The Balaban J connectivity index is 1.66. The van der Waals surface area contributed by atoms with Crippen LogP contribution in [0.2, 0.25) is 0 Å². The van der Waals surface area contributed by atoms with Crippen molar-refractivity contribution in [3.63, 3.8) is 0 Å². The van der Waals surface area contributed by atoms with Gasteiger partial charge in [-0.2, -0.15) is 0 Å². The number of aliphatic hydroxyl groups excluding tert-OH is 1. The number of likely N-dealkylation sites (N-methyl/N-ethyl adjacent to an activating group) is 1. The molecule has 3 fully saturated rings. The summed E-state index contributed by atoms with van der Waals surface area (Å²) < 4.78 is 6.94. The van der Waals surface area contributed by atoms with Crippen molar-refractivity contribution < 1.29 is 19.1 Å². The fourth-order valence-electron chi connectivity index (χ4n) is 5.78. The maximum atomic E-state index is 12.7. The third kappa shape index (κ3) is 1.86. The van der Waals surface area contributed by atoms with E-state index in [1.807, 2.05) is 7.05 Å². The van der Waals surface area contributed by atoms with Crippen molar-refractivity contribution in [2.24, 2.45) is 5.41 Å². The minimum absolute atomic E-state index is 0.0223. The molecule has 0 aromatic carbocycles. The third-order valence-corrected chi connectivity index (χ3v) is 7.31. The molecule has 0 aromatic heterocycles. The average Bonchev–Trinajstić information content (AvgIpc) is 3.11. The summed E-state index contributed by atoms with van der Waals surface area (Å²) in [4.78, 5) is 15.0. The number of amides is 2. The van der Waals surface area contributed by atoms with Crippen LogP contribution in [0.5, 0.6) is 0 Å². The molecule has 140 valence electrons. The lowest BCUT2D eigenvalue weighted by Gasteiger charge is -2.42. The van der Waals surface area contributed by atoms with Crippen LogP contribution < -0.4 is 5.32 Å². The number of urea groups is 1. The second-order valence-corrected chi connectivity index (χ2v) is 8.57. The number of aliphatic hydroxyl groups is 1. The number of fused-ring (bicyclic) bond motifs is 1. The number of nitrogens with zero attached hydrogens (tertiary/aromatic N) is 2. The first-order valence-electron chi connectivity index (χ1n) is 9.88. The first-order chi connectivity index (χ1) is 12.5. The van der Waals surface area contributed by atoms with Crippen molar-refractivity contribution in [1.29, 1.82) is 0 Å². The smallest absolute Gasteiger partial charge is 0.420 e. The molecular formula is C20H28N3O3+. The Morgan fingerprint density at radius 1 is 1.38 bits per heavy atom. The Kier molecular flexibility index (Phi) is 3.38. The topological polar surface area (TPSA) is 61.8 Å². The molecule has 6 heteroatoms. The highest BCUT2D eigenvalue weighted by atomic mass is 16.5. The van der Waals surface area contributed by atoms with Crippen LogP contribution in [0.25, 0.3) is 0 Å². The lowest BCUT2D eigenvalue weighted by molar-refractivity contribution is -0.899. The summed E-state index contributed by atoms with van der Waals surface area (Å²) in [7, 11) is 1.92. The summed E-state index contributed by atoms with van der Waals surface area (Å²) in [5.74, 6) is 1.11. The van der Waals surface area contributed by atoms with Crippen LogP contribution in [0.15, 0.2) is 35.5 Å². The number of carbonyl (C=O) groups is 1. The predicted molar refractivity (Wildman–Crippen MR) is 96.2 cm³/mol. The van der Waals surface area contributed by atoms with E-state index in [9.17, 15) is 9.90 Å². The second-order valence-electron chi connectivity index (χ2n) is 8.57. The highest BCUT2D eigenvalue weighted by molar-refractivity contribution is 5.69. The van der Waals surface area contributed by atoms with Crippen LogP contribution in [0.1, 0.15) is 44.9 Å². The number of allylic oxidation sites excluding steroid dienone is 3. The van der Waals surface area contributed by atoms with Gasteiger partial charge in [-0.25, -0.2) is 9.28 Å². The quantitative estimate of drug-likeness (QED) is 0.745. The summed E-state index contributed by atoms with van der Waals surface area (Å²) in [5, 5.41) is 12.7. The molecule has 2 amide bonds. The molecule has 2 spiro atoms. The molecule has 3 unspecified atom stereocenters. The summed E-state index contributed by atoms with van der Waals surface area (Å²) >= 11 is 0. The zero-order valence-corrected chi connectivity index (χ0v) is 15.5. The molecule has 6 nitrogen and oxygen atoms in total. The minimum atomic E-state index is -0.615. The molecule has 1 saturated carbocycles. The number of hydrogen-bond acceptors (Lipinski definition) is 4. The molecular weight excluding hydrogens is 330 g/mol. The molecule has 5 aliphatic rings. The van der Waals surface area contributed by atoms with Gasteiger partial charge >= 0.3 is 6.03 Å². The van der Waals surface area contributed by atoms with Crippen LogP contribution in [-0.2, 0) is 4.74 Å². The van der Waals surface area contributed by atoms with Crippen molar-refractivity contribution in [2.45, 2.75) is 50.7 Å². The van der Waals surface area contributed by atoms with Crippen LogP contribution in [0, 0.1) is 5.41 Å². The van der Waals surface area contributed by atoms with Crippen molar-refractivity contribution >= 4 is 6.03 Å². The number of ether oxygens (including phenoxy) is 1. The Morgan fingerprint density at radius 2 is 2.27 bits per heavy atom. The zero-order chi connectivity index (χ0) is 18.0. The van der Waals surface area contributed by atoms with E-state index in [1.165, 1.54) is 24.1 Å². The van der Waals surface area contributed by atoms with E-state index >= 15 is 0 Å². The van der Waals surface area contributed by atoms with Gasteiger partial charge in [-0.05, 0) is 37.7 Å². The molecule has 2 saturated heterocycles. The fraction of sp³-hybridized carbons (Fsp3) is 0.650. The average molecular weight is 358 g/mol. The number of hydrogen-bond donors (Lipinski definition) is 2. The van der Waals surface area contributed by atoms with Gasteiger partial charge in [0.1, 0.15) is 18.8 Å². The van der Waals surface area contributed by atoms with Gasteiger partial charge in [0.2, 0.25) is 0 Å². The number of rotatable bonds is 2. The van der Waals surface area contributed by atoms with E-state index in [2.05, 4.69) is 28.7 Å². The van der Waals surface area contributed by atoms with Gasteiger partial charge < -0.3 is 14.7 Å². The standard InChI is InChI=1S/C20H27N3O3/c1-23(10-11-24)18(25)21-14-20(23)13-19-8-4-2-6-15(19)12-22-9-5-3-7-16(22)17(19)26-20/h5,9,12,24H,2-4,6-8,10-11,13-14H2,1H3/p+1. The van der Waals surface area contributed by atoms with E-state index in [4.69, 9.17) is 4.74 Å². The summed E-state index contributed by atoms with van der Waals surface area (Å²) in [6, 6.07) is -0.0403. The predicted octanol–water partition coefficient (Wildman–Crippen LogP) is 2.54. The maximum absolute atomic E-state index is 12.7. The van der Waals surface area contributed by atoms with Crippen molar-refractivity contribution in [2.75, 3.05) is 26.7 Å². The Bertz CT molecular complexity index is 757. The summed E-state index contributed by atoms with van der Waals surface area (Å²) in [6.45, 7) is 0.878. The largest absolute Gasteiger partial charge is 0.440 e. The van der Waals surface area contributed by atoms with E-state index in [1.54, 1.807) is 0 Å². The molecule has 4 aliphatic heterocycles. The van der Waals surface area contributed by atoms with E-state index in [-0.39, 0.29) is 22.5 Å². The van der Waals surface area contributed by atoms with Gasteiger partial charge in [-0.3, -0.25) is 5.32 Å². The van der Waals surface area contributed by atoms with Crippen LogP contribution in [-0.4, -0.2) is 53.0 Å². The van der Waals surface area contributed by atoms with E-state index in [0.29, 0.717) is 13.1 Å². The van der Waals surface area contributed by atoms with Crippen LogP contribution in [0.3, 0.4) is 0 Å². The first-order valence-corrected chi connectivity index (χ1v) is 9.88. The number of carbonyl (C=O) groups excluding carboxylic acids is 1. The zero-order valence-electron chi connectivity index (χ0n) is 15.5. The highest BCUT2D eigenvalue weighted by Gasteiger charge is 2.70. The number of nitrogens with one attached hydrogen (secondary N) is 1. The Labute approximate surface area is 154 Å². The molecule has 3 atom stereocenters. The molecule has 5 rings (SSSR count). The Hall–Kier alpha value is -1.79. The first kappa shape index (κ1) is 16.4. The van der Waals surface area contributed by atoms with Crippen molar-refractivity contribution in [3.8, 4) is 0 Å². The fourth-order valence-corrected chi connectivity index (χ4v) is 5.78. The molecule has 0 aromatic rings. The summed E-state index contributed by atoms with van der Waals surface area (Å²) in [6.07, 6.45) is 14.2. The molecule has 0 bridgehead atoms.